The molecular formula is C14H15ClN2O. The van der Waals surface area contributed by atoms with E-state index in [-0.39, 0.29) is 6.10 Å². The number of nitrogens with zero attached hydrogens (tertiary/aromatic N) is 2. The summed E-state index contributed by atoms with van der Waals surface area (Å²) in [6, 6.07) is 7.77. The number of halogens is 1. The Labute approximate surface area is 111 Å². The Morgan fingerprint density at radius 3 is 3.06 bits per heavy atom. The van der Waals surface area contributed by atoms with E-state index in [1.54, 1.807) is 6.20 Å². The molecule has 0 unspecified atom stereocenters. The zero-order valence-corrected chi connectivity index (χ0v) is 10.8. The largest absolute Gasteiger partial charge is 0.391 e. The minimum absolute atomic E-state index is 0.228. The summed E-state index contributed by atoms with van der Waals surface area (Å²) >= 11 is 5.99. The molecule has 3 nitrogen and oxygen atoms in total. The minimum Gasteiger partial charge on any atom is -0.391 e. The summed E-state index contributed by atoms with van der Waals surface area (Å²) in [5.41, 5.74) is 2.04. The van der Waals surface area contributed by atoms with Crippen LogP contribution < -0.4 is 4.90 Å². The highest BCUT2D eigenvalue weighted by Crippen LogP contribution is 2.29. The van der Waals surface area contributed by atoms with Crippen molar-refractivity contribution in [3.63, 3.8) is 0 Å². The van der Waals surface area contributed by atoms with E-state index >= 15 is 0 Å². The highest BCUT2D eigenvalue weighted by molar-refractivity contribution is 6.31. The van der Waals surface area contributed by atoms with Crippen LogP contribution in [-0.4, -0.2) is 29.3 Å². The van der Waals surface area contributed by atoms with Crippen LogP contribution in [0.25, 0.3) is 10.9 Å². The van der Waals surface area contributed by atoms with Gasteiger partial charge in [0, 0.05) is 35.4 Å². The minimum atomic E-state index is -0.228. The summed E-state index contributed by atoms with van der Waals surface area (Å²) in [5.74, 6) is 0. The Balaban J connectivity index is 2.05. The van der Waals surface area contributed by atoms with Crippen LogP contribution in [0.2, 0.25) is 5.02 Å². The topological polar surface area (TPSA) is 36.4 Å². The molecule has 3 rings (SSSR count). The molecule has 18 heavy (non-hydrogen) atoms. The van der Waals surface area contributed by atoms with E-state index in [2.05, 4.69) is 9.88 Å². The van der Waals surface area contributed by atoms with E-state index in [9.17, 15) is 5.11 Å². The lowest BCUT2D eigenvalue weighted by Gasteiger charge is -2.32. The third-order valence-corrected chi connectivity index (χ3v) is 3.65. The van der Waals surface area contributed by atoms with Crippen LogP contribution in [0.4, 0.5) is 5.69 Å². The summed E-state index contributed by atoms with van der Waals surface area (Å²) in [5, 5.41) is 11.6. The number of anilines is 1. The number of aliphatic hydroxyl groups is 1. The Hall–Kier alpha value is -1.32. The van der Waals surface area contributed by atoms with Crippen LogP contribution >= 0.6 is 11.6 Å². The highest BCUT2D eigenvalue weighted by Gasteiger charge is 2.19. The Kier molecular flexibility index (Phi) is 3.10. The van der Waals surface area contributed by atoms with Crippen LogP contribution in [-0.2, 0) is 0 Å². The molecule has 1 aromatic heterocycles. The van der Waals surface area contributed by atoms with Crippen LogP contribution in [0.15, 0.2) is 30.5 Å². The molecule has 2 aromatic rings. The van der Waals surface area contributed by atoms with E-state index in [0.29, 0.717) is 11.6 Å². The van der Waals surface area contributed by atoms with E-state index in [1.165, 1.54) is 0 Å². The molecule has 0 spiro atoms. The van der Waals surface area contributed by atoms with Gasteiger partial charge in [-0.1, -0.05) is 11.6 Å². The first-order valence-electron chi connectivity index (χ1n) is 6.21. The molecule has 1 aromatic carbocycles. The maximum Gasteiger partial charge on any atom is 0.0737 e. The van der Waals surface area contributed by atoms with Crippen molar-refractivity contribution in [3.8, 4) is 0 Å². The number of β-amino-alcohol motifs (C(OH)–C–C–N with tert-alkyl or cyclic N) is 1. The van der Waals surface area contributed by atoms with Gasteiger partial charge in [-0.3, -0.25) is 4.98 Å². The quantitative estimate of drug-likeness (QED) is 0.859. The van der Waals surface area contributed by atoms with E-state index in [1.807, 2.05) is 24.3 Å². The van der Waals surface area contributed by atoms with Gasteiger partial charge in [0.1, 0.15) is 0 Å². The van der Waals surface area contributed by atoms with Crippen molar-refractivity contribution in [1.29, 1.82) is 0 Å². The average Bonchev–Trinajstić information content (AvgIpc) is 2.37. The number of piperidine rings is 1. The van der Waals surface area contributed by atoms with Crippen molar-refractivity contribution in [2.24, 2.45) is 0 Å². The van der Waals surface area contributed by atoms with Crippen LogP contribution in [0.1, 0.15) is 12.8 Å². The van der Waals surface area contributed by atoms with Crippen molar-refractivity contribution in [1.82, 2.24) is 4.98 Å². The fraction of sp³-hybridized carbons (Fsp3) is 0.357. The number of hydrogen-bond donors (Lipinski definition) is 1. The molecule has 1 saturated heterocycles. The molecule has 0 amide bonds. The number of benzene rings is 1. The number of fused-ring (bicyclic) bond motifs is 1. The molecule has 0 saturated carbocycles. The Morgan fingerprint density at radius 1 is 1.33 bits per heavy atom. The standard InChI is InChI=1S/C14H15ClN2O/c15-10-3-4-12-13(8-10)16-6-5-14(12)17-7-1-2-11(18)9-17/h3-6,8,11,18H,1-2,7,9H2/t11-/m0/s1. The molecule has 2 heterocycles. The average molecular weight is 263 g/mol. The van der Waals surface area contributed by atoms with E-state index < -0.39 is 0 Å². The molecule has 0 bridgehead atoms. The summed E-state index contributed by atoms with van der Waals surface area (Å²) in [7, 11) is 0. The van der Waals surface area contributed by atoms with Gasteiger partial charge in [-0.2, -0.15) is 0 Å². The number of aromatic nitrogens is 1. The zero-order chi connectivity index (χ0) is 12.5. The van der Waals surface area contributed by atoms with Crippen molar-refractivity contribution >= 4 is 28.2 Å². The molecule has 1 atom stereocenters. The van der Waals surface area contributed by atoms with E-state index in [0.717, 1.165) is 36.0 Å². The molecule has 1 fully saturated rings. The summed E-state index contributed by atoms with van der Waals surface area (Å²) in [6.45, 7) is 1.68. The normalized spacial score (nSPS) is 20.3. The second-order valence-corrected chi connectivity index (χ2v) is 5.17. The van der Waals surface area contributed by atoms with Crippen molar-refractivity contribution in [3.05, 3.63) is 35.5 Å². The van der Waals surface area contributed by atoms with Gasteiger partial charge in [0.05, 0.1) is 11.6 Å². The molecule has 0 aliphatic carbocycles. The predicted octanol–water partition coefficient (Wildman–Crippen LogP) is 2.85. The maximum absolute atomic E-state index is 9.78. The van der Waals surface area contributed by atoms with Crippen LogP contribution in [0.3, 0.4) is 0 Å². The van der Waals surface area contributed by atoms with Gasteiger partial charge >= 0.3 is 0 Å². The molecule has 1 N–H and O–H groups in total. The highest BCUT2D eigenvalue weighted by atomic mass is 35.5. The summed E-state index contributed by atoms with van der Waals surface area (Å²) in [4.78, 5) is 6.57. The van der Waals surface area contributed by atoms with Gasteiger partial charge in [0.25, 0.3) is 0 Å². The van der Waals surface area contributed by atoms with Crippen molar-refractivity contribution in [2.45, 2.75) is 18.9 Å². The SMILES string of the molecule is O[C@H]1CCCN(c2ccnc3cc(Cl)ccc23)C1. The van der Waals surface area contributed by atoms with E-state index in [4.69, 9.17) is 11.6 Å². The number of rotatable bonds is 1. The van der Waals surface area contributed by atoms with Gasteiger partial charge in [-0.25, -0.2) is 0 Å². The van der Waals surface area contributed by atoms with Crippen molar-refractivity contribution < 1.29 is 5.11 Å². The smallest absolute Gasteiger partial charge is 0.0737 e. The molecule has 0 radical (unpaired) electrons. The fourth-order valence-electron chi connectivity index (χ4n) is 2.56. The second kappa shape index (κ2) is 4.75. The lowest BCUT2D eigenvalue weighted by Crippen LogP contribution is -2.38. The monoisotopic (exact) mass is 262 g/mol. The maximum atomic E-state index is 9.78. The molecule has 4 heteroatoms. The zero-order valence-electron chi connectivity index (χ0n) is 10.0. The lowest BCUT2D eigenvalue weighted by molar-refractivity contribution is 0.154. The first kappa shape index (κ1) is 11.8. The van der Waals surface area contributed by atoms with Gasteiger partial charge in [0.15, 0.2) is 0 Å². The molecule has 1 aliphatic heterocycles. The third kappa shape index (κ3) is 2.16. The number of hydrogen-bond acceptors (Lipinski definition) is 3. The number of pyridine rings is 1. The van der Waals surface area contributed by atoms with Gasteiger partial charge in [0.2, 0.25) is 0 Å². The molecule has 1 aliphatic rings. The van der Waals surface area contributed by atoms with Crippen LogP contribution in [0.5, 0.6) is 0 Å². The van der Waals surface area contributed by atoms with Crippen LogP contribution in [0, 0.1) is 0 Å². The summed E-state index contributed by atoms with van der Waals surface area (Å²) in [6.07, 6.45) is 3.49. The Bertz CT molecular complexity index is 573. The number of aliphatic hydroxyl groups excluding tert-OH is 1. The molecule has 94 valence electrons. The second-order valence-electron chi connectivity index (χ2n) is 4.73. The lowest BCUT2D eigenvalue weighted by atomic mass is 10.1. The summed E-state index contributed by atoms with van der Waals surface area (Å²) < 4.78 is 0. The first-order chi connectivity index (χ1) is 8.74. The predicted molar refractivity (Wildman–Crippen MR) is 74.2 cm³/mol. The van der Waals surface area contributed by atoms with Crippen molar-refractivity contribution in [2.75, 3.05) is 18.0 Å². The first-order valence-corrected chi connectivity index (χ1v) is 6.59. The van der Waals surface area contributed by atoms with Gasteiger partial charge in [-0.05, 0) is 37.1 Å². The fourth-order valence-corrected chi connectivity index (χ4v) is 2.72. The Morgan fingerprint density at radius 2 is 2.22 bits per heavy atom. The third-order valence-electron chi connectivity index (χ3n) is 3.42. The van der Waals surface area contributed by atoms with Gasteiger partial charge in [-0.15, -0.1) is 0 Å². The molecular weight excluding hydrogens is 248 g/mol. The van der Waals surface area contributed by atoms with Gasteiger partial charge < -0.3 is 10.0 Å².